The first kappa shape index (κ1) is 10.4. The summed E-state index contributed by atoms with van der Waals surface area (Å²) in [4.78, 5) is 4.92. The predicted molar refractivity (Wildman–Crippen MR) is 59.5 cm³/mol. The number of piperazine rings is 1. The molecule has 1 saturated carbocycles. The average molecular weight is 197 g/mol. The van der Waals surface area contributed by atoms with E-state index in [4.69, 9.17) is 0 Å². The number of rotatable bonds is 4. The molecule has 1 unspecified atom stereocenters. The van der Waals surface area contributed by atoms with E-state index in [1.165, 1.54) is 39.0 Å². The zero-order chi connectivity index (χ0) is 9.97. The molecule has 0 spiro atoms. The van der Waals surface area contributed by atoms with E-state index in [0.29, 0.717) is 6.04 Å². The highest BCUT2D eigenvalue weighted by molar-refractivity contribution is 4.82. The van der Waals surface area contributed by atoms with E-state index in [2.05, 4.69) is 29.2 Å². The van der Waals surface area contributed by atoms with Gasteiger partial charge in [-0.15, -0.1) is 0 Å². The molecule has 0 aromatic heterocycles. The maximum absolute atomic E-state index is 3.60. The molecule has 2 aliphatic rings. The normalized spacial score (nSPS) is 30.9. The van der Waals surface area contributed by atoms with Crippen LogP contribution in [-0.4, -0.2) is 62.7 Å². The molecule has 1 atom stereocenters. The van der Waals surface area contributed by atoms with Gasteiger partial charge in [0.1, 0.15) is 0 Å². The highest BCUT2D eigenvalue weighted by Crippen LogP contribution is 2.27. The molecule has 3 heteroatoms. The Morgan fingerprint density at radius 1 is 1.14 bits per heavy atom. The van der Waals surface area contributed by atoms with Gasteiger partial charge in [-0.2, -0.15) is 0 Å². The quantitative estimate of drug-likeness (QED) is 0.696. The number of nitrogens with one attached hydrogen (secondary N) is 1. The van der Waals surface area contributed by atoms with E-state index in [-0.39, 0.29) is 0 Å². The summed E-state index contributed by atoms with van der Waals surface area (Å²) in [5, 5.41) is 3.60. The Kier molecular flexibility index (Phi) is 3.42. The van der Waals surface area contributed by atoms with Crippen molar-refractivity contribution in [2.75, 3.05) is 46.8 Å². The Morgan fingerprint density at radius 2 is 1.93 bits per heavy atom. The summed E-state index contributed by atoms with van der Waals surface area (Å²) in [6.45, 7) is 6.06. The van der Waals surface area contributed by atoms with E-state index in [9.17, 15) is 0 Å². The summed E-state index contributed by atoms with van der Waals surface area (Å²) in [5.74, 6) is 1.00. The fraction of sp³-hybridized carbons (Fsp3) is 1.00. The Bertz CT molecular complexity index is 179. The fourth-order valence-corrected chi connectivity index (χ4v) is 2.10. The van der Waals surface area contributed by atoms with Gasteiger partial charge in [-0.05, 0) is 39.4 Å². The van der Waals surface area contributed by atoms with Gasteiger partial charge in [0.05, 0.1) is 0 Å². The summed E-state index contributed by atoms with van der Waals surface area (Å²) in [6, 6.07) is 0.715. The van der Waals surface area contributed by atoms with Crippen molar-refractivity contribution in [1.29, 1.82) is 0 Å². The van der Waals surface area contributed by atoms with Gasteiger partial charge in [-0.1, -0.05) is 0 Å². The highest BCUT2D eigenvalue weighted by Gasteiger charge is 2.24. The Labute approximate surface area is 87.4 Å². The molecular formula is C11H23N3. The van der Waals surface area contributed by atoms with E-state index in [1.54, 1.807) is 0 Å². The summed E-state index contributed by atoms with van der Waals surface area (Å²) >= 11 is 0. The van der Waals surface area contributed by atoms with E-state index < -0.39 is 0 Å². The van der Waals surface area contributed by atoms with Crippen LogP contribution in [-0.2, 0) is 0 Å². The minimum atomic E-state index is 0.715. The summed E-state index contributed by atoms with van der Waals surface area (Å²) in [5.41, 5.74) is 0. The molecule has 0 amide bonds. The lowest BCUT2D eigenvalue weighted by molar-refractivity contribution is 0.113. The van der Waals surface area contributed by atoms with Gasteiger partial charge < -0.3 is 10.2 Å². The van der Waals surface area contributed by atoms with Crippen molar-refractivity contribution in [2.45, 2.75) is 18.9 Å². The standard InChI is InChI=1S/C11H23N3/c1-13-5-6-14(2)11(9-13)8-12-7-10-3-4-10/h10-12H,3-9H2,1-2H3. The van der Waals surface area contributed by atoms with Crippen LogP contribution < -0.4 is 5.32 Å². The number of likely N-dealkylation sites (N-methyl/N-ethyl adjacent to an activating group) is 2. The van der Waals surface area contributed by atoms with Gasteiger partial charge in [0, 0.05) is 32.2 Å². The molecule has 2 rings (SSSR count). The molecule has 1 heterocycles. The fourth-order valence-electron chi connectivity index (χ4n) is 2.10. The van der Waals surface area contributed by atoms with E-state index in [1.807, 2.05) is 0 Å². The van der Waals surface area contributed by atoms with Crippen LogP contribution in [0.15, 0.2) is 0 Å². The van der Waals surface area contributed by atoms with Crippen LogP contribution in [0.4, 0.5) is 0 Å². The van der Waals surface area contributed by atoms with Gasteiger partial charge in [0.25, 0.3) is 0 Å². The Hall–Kier alpha value is -0.120. The van der Waals surface area contributed by atoms with Crippen molar-refractivity contribution in [3.63, 3.8) is 0 Å². The number of nitrogens with zero attached hydrogens (tertiary/aromatic N) is 2. The maximum Gasteiger partial charge on any atom is 0.0345 e. The minimum absolute atomic E-state index is 0.715. The molecule has 1 aliphatic carbocycles. The minimum Gasteiger partial charge on any atom is -0.315 e. The molecule has 1 saturated heterocycles. The lowest BCUT2D eigenvalue weighted by Gasteiger charge is -2.37. The first-order chi connectivity index (χ1) is 6.75. The van der Waals surface area contributed by atoms with Crippen LogP contribution in [0.25, 0.3) is 0 Å². The second-order valence-electron chi connectivity index (χ2n) is 5.00. The molecule has 14 heavy (non-hydrogen) atoms. The zero-order valence-electron chi connectivity index (χ0n) is 9.50. The predicted octanol–water partition coefficient (Wildman–Crippen LogP) is 0.232. The molecule has 0 bridgehead atoms. The monoisotopic (exact) mass is 197 g/mol. The van der Waals surface area contributed by atoms with Crippen LogP contribution in [0.2, 0.25) is 0 Å². The topological polar surface area (TPSA) is 18.5 Å². The van der Waals surface area contributed by atoms with Crippen molar-refractivity contribution >= 4 is 0 Å². The second-order valence-corrected chi connectivity index (χ2v) is 5.00. The molecule has 1 N–H and O–H groups in total. The molecule has 0 radical (unpaired) electrons. The molecule has 2 fully saturated rings. The Balaban J connectivity index is 1.65. The molecule has 82 valence electrons. The summed E-state index contributed by atoms with van der Waals surface area (Å²) in [7, 11) is 4.47. The van der Waals surface area contributed by atoms with Crippen molar-refractivity contribution < 1.29 is 0 Å². The Morgan fingerprint density at radius 3 is 2.64 bits per heavy atom. The smallest absolute Gasteiger partial charge is 0.0345 e. The van der Waals surface area contributed by atoms with E-state index >= 15 is 0 Å². The number of hydrogen-bond acceptors (Lipinski definition) is 3. The zero-order valence-corrected chi connectivity index (χ0v) is 9.50. The van der Waals surface area contributed by atoms with Gasteiger partial charge in [0.15, 0.2) is 0 Å². The maximum atomic E-state index is 3.60. The second kappa shape index (κ2) is 4.60. The molecular weight excluding hydrogens is 174 g/mol. The third-order valence-corrected chi connectivity index (χ3v) is 3.49. The van der Waals surface area contributed by atoms with Gasteiger partial charge in [0.2, 0.25) is 0 Å². The van der Waals surface area contributed by atoms with E-state index in [0.717, 1.165) is 12.5 Å². The first-order valence-corrected chi connectivity index (χ1v) is 5.85. The van der Waals surface area contributed by atoms with Crippen LogP contribution in [0.1, 0.15) is 12.8 Å². The van der Waals surface area contributed by atoms with Crippen molar-refractivity contribution in [1.82, 2.24) is 15.1 Å². The average Bonchev–Trinajstić information content (AvgIpc) is 2.95. The van der Waals surface area contributed by atoms with Crippen LogP contribution >= 0.6 is 0 Å². The number of hydrogen-bond donors (Lipinski definition) is 1. The van der Waals surface area contributed by atoms with Crippen LogP contribution in [0.3, 0.4) is 0 Å². The van der Waals surface area contributed by atoms with Crippen molar-refractivity contribution in [2.24, 2.45) is 5.92 Å². The van der Waals surface area contributed by atoms with Gasteiger partial charge in [-0.25, -0.2) is 0 Å². The molecule has 0 aromatic carbocycles. The lowest BCUT2D eigenvalue weighted by Crippen LogP contribution is -2.53. The molecule has 1 aliphatic heterocycles. The van der Waals surface area contributed by atoms with Crippen molar-refractivity contribution in [3.8, 4) is 0 Å². The summed E-state index contributed by atoms with van der Waals surface area (Å²) in [6.07, 6.45) is 2.90. The molecule has 3 nitrogen and oxygen atoms in total. The lowest BCUT2D eigenvalue weighted by atomic mass is 10.2. The largest absolute Gasteiger partial charge is 0.315 e. The highest BCUT2D eigenvalue weighted by atomic mass is 15.3. The SMILES string of the molecule is CN1CCN(C)C(CNCC2CC2)C1. The van der Waals surface area contributed by atoms with Gasteiger partial charge in [-0.3, -0.25) is 4.90 Å². The van der Waals surface area contributed by atoms with Crippen LogP contribution in [0.5, 0.6) is 0 Å². The molecule has 0 aromatic rings. The first-order valence-electron chi connectivity index (χ1n) is 5.85. The third kappa shape index (κ3) is 2.94. The van der Waals surface area contributed by atoms with Crippen LogP contribution in [0, 0.1) is 5.92 Å². The van der Waals surface area contributed by atoms with Gasteiger partial charge >= 0.3 is 0 Å². The third-order valence-electron chi connectivity index (χ3n) is 3.49. The summed E-state index contributed by atoms with van der Waals surface area (Å²) < 4.78 is 0. The van der Waals surface area contributed by atoms with Crippen molar-refractivity contribution in [3.05, 3.63) is 0 Å².